The first-order chi connectivity index (χ1) is 12.1. The molecule has 1 aliphatic heterocycles. The van der Waals surface area contributed by atoms with Crippen LogP contribution in [0.4, 0.5) is 0 Å². The van der Waals surface area contributed by atoms with Crippen LogP contribution < -0.4 is 14.8 Å². The summed E-state index contributed by atoms with van der Waals surface area (Å²) in [5.74, 6) is 0.753. The zero-order valence-corrected chi connectivity index (χ0v) is 13.9. The molecular formula is C20H17NO4. The molecule has 5 nitrogen and oxygen atoms in total. The molecule has 0 unspecified atom stereocenters. The van der Waals surface area contributed by atoms with E-state index in [1.54, 1.807) is 14.2 Å². The summed E-state index contributed by atoms with van der Waals surface area (Å²) in [6.45, 7) is 0. The molecule has 0 atom stereocenters. The maximum atomic E-state index is 11.7. The fourth-order valence-electron chi connectivity index (χ4n) is 2.56. The van der Waals surface area contributed by atoms with Crippen molar-refractivity contribution < 1.29 is 19.1 Å². The minimum absolute atomic E-state index is 0.366. The van der Waals surface area contributed by atoms with E-state index >= 15 is 0 Å². The van der Waals surface area contributed by atoms with Crippen LogP contribution in [-0.2, 0) is 9.59 Å². The predicted octanol–water partition coefficient (Wildman–Crippen LogP) is 2.91. The standard InChI is InChI=1S/C20H17NO4/c1-24-16-9-10-18(25-2)15(11-16)8-5-13-3-6-14(7-4-13)17-12-19(22)21-20(17)23/h3-12H,1-2H3,(H,21,22,23). The Labute approximate surface area is 145 Å². The lowest BCUT2D eigenvalue weighted by molar-refractivity contribution is -0.123. The molecule has 0 aromatic heterocycles. The van der Waals surface area contributed by atoms with E-state index in [1.807, 2.05) is 54.6 Å². The van der Waals surface area contributed by atoms with Gasteiger partial charge in [-0.3, -0.25) is 14.9 Å². The Bertz CT molecular complexity index is 879. The van der Waals surface area contributed by atoms with Gasteiger partial charge in [0.2, 0.25) is 0 Å². The van der Waals surface area contributed by atoms with Gasteiger partial charge in [-0.2, -0.15) is 0 Å². The Morgan fingerprint density at radius 3 is 2.28 bits per heavy atom. The Morgan fingerprint density at radius 2 is 1.68 bits per heavy atom. The third kappa shape index (κ3) is 3.61. The molecule has 2 aromatic carbocycles. The van der Waals surface area contributed by atoms with Crippen LogP contribution in [0.2, 0.25) is 0 Å². The van der Waals surface area contributed by atoms with Crippen molar-refractivity contribution in [2.75, 3.05) is 14.2 Å². The Hall–Kier alpha value is -3.34. The monoisotopic (exact) mass is 335 g/mol. The summed E-state index contributed by atoms with van der Waals surface area (Å²) in [6.07, 6.45) is 5.19. The zero-order valence-electron chi connectivity index (χ0n) is 13.9. The van der Waals surface area contributed by atoms with Crippen LogP contribution in [0.5, 0.6) is 11.5 Å². The van der Waals surface area contributed by atoms with Crippen LogP contribution in [0.15, 0.2) is 48.5 Å². The maximum absolute atomic E-state index is 11.7. The van der Waals surface area contributed by atoms with E-state index in [2.05, 4.69) is 5.32 Å². The number of rotatable bonds is 5. The lowest BCUT2D eigenvalue weighted by atomic mass is 10.0. The van der Waals surface area contributed by atoms with Crippen LogP contribution in [-0.4, -0.2) is 26.0 Å². The Morgan fingerprint density at radius 1 is 0.920 bits per heavy atom. The number of carbonyl (C=O) groups excluding carboxylic acids is 2. The minimum atomic E-state index is -0.380. The Balaban J connectivity index is 1.82. The first-order valence-corrected chi connectivity index (χ1v) is 7.68. The number of ether oxygens (including phenoxy) is 2. The van der Waals surface area contributed by atoms with Crippen molar-refractivity contribution in [3.8, 4) is 11.5 Å². The van der Waals surface area contributed by atoms with E-state index in [9.17, 15) is 9.59 Å². The van der Waals surface area contributed by atoms with E-state index in [1.165, 1.54) is 6.08 Å². The second kappa shape index (κ2) is 7.05. The van der Waals surface area contributed by atoms with Crippen LogP contribution in [0.25, 0.3) is 17.7 Å². The average molecular weight is 335 g/mol. The van der Waals surface area contributed by atoms with Crippen LogP contribution in [0, 0.1) is 0 Å². The molecule has 2 amide bonds. The van der Waals surface area contributed by atoms with Crippen molar-refractivity contribution in [3.63, 3.8) is 0 Å². The van der Waals surface area contributed by atoms with Crippen molar-refractivity contribution in [3.05, 3.63) is 65.2 Å². The van der Waals surface area contributed by atoms with Crippen molar-refractivity contribution in [1.29, 1.82) is 0 Å². The molecule has 1 heterocycles. The van der Waals surface area contributed by atoms with Gasteiger partial charge in [0.05, 0.1) is 19.8 Å². The van der Waals surface area contributed by atoms with Gasteiger partial charge in [-0.25, -0.2) is 0 Å². The predicted molar refractivity (Wildman–Crippen MR) is 96.0 cm³/mol. The van der Waals surface area contributed by atoms with Crippen molar-refractivity contribution in [2.24, 2.45) is 0 Å². The van der Waals surface area contributed by atoms with Gasteiger partial charge in [-0.1, -0.05) is 36.4 Å². The van der Waals surface area contributed by atoms with Crippen molar-refractivity contribution in [2.45, 2.75) is 0 Å². The van der Waals surface area contributed by atoms with Gasteiger partial charge in [-0.15, -0.1) is 0 Å². The van der Waals surface area contributed by atoms with Crippen molar-refractivity contribution in [1.82, 2.24) is 5.32 Å². The number of imide groups is 1. The third-order valence-electron chi connectivity index (χ3n) is 3.87. The molecule has 0 aliphatic carbocycles. The summed E-state index contributed by atoms with van der Waals surface area (Å²) in [5.41, 5.74) is 2.95. The number of methoxy groups -OCH3 is 2. The summed E-state index contributed by atoms with van der Waals surface area (Å²) >= 11 is 0. The van der Waals surface area contributed by atoms with Gasteiger partial charge in [0.15, 0.2) is 0 Å². The highest BCUT2D eigenvalue weighted by atomic mass is 16.5. The molecule has 0 radical (unpaired) electrons. The third-order valence-corrected chi connectivity index (χ3v) is 3.87. The summed E-state index contributed by atoms with van der Waals surface area (Å²) in [5, 5.41) is 2.24. The molecule has 25 heavy (non-hydrogen) atoms. The Kier molecular flexibility index (Phi) is 4.66. The average Bonchev–Trinajstić information content (AvgIpc) is 2.98. The van der Waals surface area contributed by atoms with Crippen LogP contribution in [0.1, 0.15) is 16.7 Å². The summed E-state index contributed by atoms with van der Waals surface area (Å²) in [4.78, 5) is 22.9. The van der Waals surface area contributed by atoms with E-state index in [0.717, 1.165) is 22.6 Å². The first-order valence-electron chi connectivity index (χ1n) is 7.68. The van der Waals surface area contributed by atoms with Gasteiger partial charge >= 0.3 is 0 Å². The molecule has 0 saturated heterocycles. The number of carbonyl (C=O) groups is 2. The lowest BCUT2D eigenvalue weighted by Gasteiger charge is -2.07. The quantitative estimate of drug-likeness (QED) is 0.674. The highest BCUT2D eigenvalue weighted by Crippen LogP contribution is 2.26. The molecular weight excluding hydrogens is 318 g/mol. The van der Waals surface area contributed by atoms with Gasteiger partial charge in [-0.05, 0) is 29.3 Å². The highest BCUT2D eigenvalue weighted by molar-refractivity contribution is 6.33. The molecule has 1 N–H and O–H groups in total. The SMILES string of the molecule is COc1ccc(OC)c(C=Cc2ccc(C3=CC(=O)NC3=O)cc2)c1. The topological polar surface area (TPSA) is 64.6 Å². The van der Waals surface area contributed by atoms with Crippen molar-refractivity contribution >= 4 is 29.5 Å². The van der Waals surface area contributed by atoms with Gasteiger partial charge in [0.1, 0.15) is 11.5 Å². The van der Waals surface area contributed by atoms with Gasteiger partial charge < -0.3 is 9.47 Å². The molecule has 0 saturated carbocycles. The minimum Gasteiger partial charge on any atom is -0.497 e. The van der Waals surface area contributed by atoms with E-state index in [4.69, 9.17) is 9.47 Å². The molecule has 5 heteroatoms. The fourth-order valence-corrected chi connectivity index (χ4v) is 2.56. The second-order valence-corrected chi connectivity index (χ2v) is 5.44. The van der Waals surface area contributed by atoms with Gasteiger partial charge in [0, 0.05) is 11.6 Å². The largest absolute Gasteiger partial charge is 0.497 e. The molecule has 0 fully saturated rings. The highest BCUT2D eigenvalue weighted by Gasteiger charge is 2.21. The maximum Gasteiger partial charge on any atom is 0.258 e. The number of nitrogens with one attached hydrogen (secondary N) is 1. The van der Waals surface area contributed by atoms with Crippen LogP contribution >= 0.6 is 0 Å². The molecule has 126 valence electrons. The van der Waals surface area contributed by atoms with E-state index in [0.29, 0.717) is 11.1 Å². The fraction of sp³-hybridized carbons (Fsp3) is 0.100. The van der Waals surface area contributed by atoms with E-state index < -0.39 is 0 Å². The zero-order chi connectivity index (χ0) is 17.8. The summed E-state index contributed by atoms with van der Waals surface area (Å²) in [6, 6.07) is 13.0. The molecule has 3 rings (SSSR count). The number of hydrogen-bond donors (Lipinski definition) is 1. The molecule has 1 aliphatic rings. The molecule has 0 bridgehead atoms. The number of amides is 2. The second-order valence-electron chi connectivity index (χ2n) is 5.44. The number of hydrogen-bond acceptors (Lipinski definition) is 4. The smallest absolute Gasteiger partial charge is 0.258 e. The summed E-state index contributed by atoms with van der Waals surface area (Å²) in [7, 11) is 3.24. The normalized spacial score (nSPS) is 13.8. The lowest BCUT2D eigenvalue weighted by Crippen LogP contribution is -2.21. The number of benzene rings is 2. The molecule has 2 aromatic rings. The summed E-state index contributed by atoms with van der Waals surface area (Å²) < 4.78 is 10.6. The van der Waals surface area contributed by atoms with Gasteiger partial charge in [0.25, 0.3) is 11.8 Å². The molecule has 0 spiro atoms. The van der Waals surface area contributed by atoms with E-state index in [-0.39, 0.29) is 11.8 Å². The van der Waals surface area contributed by atoms with Crippen LogP contribution in [0.3, 0.4) is 0 Å². The first kappa shape index (κ1) is 16.5.